The van der Waals surface area contributed by atoms with Gasteiger partial charge in [0, 0.05) is 0 Å². The second-order valence-electron chi connectivity index (χ2n) is 3.70. The van der Waals surface area contributed by atoms with Crippen LogP contribution in [-0.2, 0) is 9.59 Å². The van der Waals surface area contributed by atoms with E-state index < -0.39 is 48.5 Å². The van der Waals surface area contributed by atoms with Crippen molar-refractivity contribution in [2.24, 2.45) is 0 Å². The molecule has 0 aromatic heterocycles. The molecule has 0 radical (unpaired) electrons. The van der Waals surface area contributed by atoms with Crippen LogP contribution in [0, 0.1) is 0 Å². The molecule has 0 amide bonds. The van der Waals surface area contributed by atoms with Crippen LogP contribution in [0.4, 0.5) is 35.1 Å². The summed E-state index contributed by atoms with van der Waals surface area (Å²) in [5, 5.41) is 15.8. The summed E-state index contributed by atoms with van der Waals surface area (Å²) >= 11 is 0. The summed E-state index contributed by atoms with van der Waals surface area (Å²) in [6.45, 7) is 0. The highest BCUT2D eigenvalue weighted by Gasteiger charge is 2.80. The van der Waals surface area contributed by atoms with Gasteiger partial charge in [0.1, 0.15) is 12.8 Å². The van der Waals surface area contributed by atoms with Gasteiger partial charge in [-0.1, -0.05) is 0 Å². The molecule has 0 atom stereocenters. The zero-order chi connectivity index (χ0) is 16.6. The Hall–Kier alpha value is -1.62. The Labute approximate surface area is 105 Å². The minimum absolute atomic E-state index is 2.63. The number of halogens is 8. The van der Waals surface area contributed by atoms with Crippen molar-refractivity contribution in [2.75, 3.05) is 0 Å². The molecule has 0 fully saturated rings. The Morgan fingerprint density at radius 1 is 0.650 bits per heavy atom. The topological polar surface area (TPSA) is 74.6 Å². The lowest BCUT2D eigenvalue weighted by Gasteiger charge is -2.35. The van der Waals surface area contributed by atoms with E-state index in [4.69, 9.17) is 10.2 Å². The van der Waals surface area contributed by atoms with E-state index in [2.05, 4.69) is 0 Å². The quantitative estimate of drug-likeness (QED) is 0.707. The van der Waals surface area contributed by atoms with Gasteiger partial charge in [-0.3, -0.25) is 9.59 Å². The molecular formula is C8H6F8O4. The normalized spacial score (nSPS) is 14.2. The van der Waals surface area contributed by atoms with Gasteiger partial charge in [-0.15, -0.1) is 0 Å². The van der Waals surface area contributed by atoms with Crippen LogP contribution in [0.25, 0.3) is 0 Å². The second-order valence-corrected chi connectivity index (χ2v) is 3.70. The van der Waals surface area contributed by atoms with E-state index in [1.807, 2.05) is 0 Å². The van der Waals surface area contributed by atoms with Gasteiger partial charge in [-0.25, -0.2) is 0 Å². The Morgan fingerprint density at radius 3 is 1.00 bits per heavy atom. The maximum Gasteiger partial charge on any atom is 0.378 e. The second kappa shape index (κ2) is 5.05. The van der Waals surface area contributed by atoms with Gasteiger partial charge >= 0.3 is 35.6 Å². The minimum Gasteiger partial charge on any atom is -0.481 e. The van der Waals surface area contributed by atoms with Gasteiger partial charge in [-0.2, -0.15) is 35.1 Å². The first-order chi connectivity index (χ1) is 8.58. The van der Waals surface area contributed by atoms with Crippen molar-refractivity contribution in [1.29, 1.82) is 0 Å². The van der Waals surface area contributed by atoms with Crippen LogP contribution in [0.2, 0.25) is 0 Å². The number of alkyl halides is 8. The van der Waals surface area contributed by atoms with Crippen molar-refractivity contribution in [3.05, 3.63) is 0 Å². The lowest BCUT2D eigenvalue weighted by molar-refractivity contribution is -0.365. The summed E-state index contributed by atoms with van der Waals surface area (Å²) in [6.07, 6.45) is -5.67. The van der Waals surface area contributed by atoms with E-state index in [9.17, 15) is 44.7 Å². The smallest absolute Gasteiger partial charge is 0.378 e. The highest BCUT2D eigenvalue weighted by Crippen LogP contribution is 2.54. The maximum atomic E-state index is 12.8. The van der Waals surface area contributed by atoms with Gasteiger partial charge in [0.05, 0.1) is 0 Å². The van der Waals surface area contributed by atoms with Gasteiger partial charge in [0.25, 0.3) is 0 Å². The first kappa shape index (κ1) is 18.4. The third-order valence-electron chi connectivity index (χ3n) is 2.06. The van der Waals surface area contributed by atoms with Crippen molar-refractivity contribution in [3.8, 4) is 0 Å². The number of hydrogen-bond donors (Lipinski definition) is 2. The fourth-order valence-corrected chi connectivity index (χ4v) is 1.06. The number of carboxylic acids is 2. The van der Waals surface area contributed by atoms with Crippen LogP contribution in [0.1, 0.15) is 12.8 Å². The molecular weight excluding hydrogens is 312 g/mol. The predicted molar refractivity (Wildman–Crippen MR) is 44.3 cm³/mol. The standard InChI is InChI=1S/C8H6F8O4/c9-5(10,1-3(17)18)7(13,14)8(15,16)6(11,12)2-4(19)20/h1-2H2,(H,17,18)(H,19,20). The summed E-state index contributed by atoms with van der Waals surface area (Å²) in [4.78, 5) is 19.8. The molecule has 0 aliphatic carbocycles. The van der Waals surface area contributed by atoms with Crippen molar-refractivity contribution in [1.82, 2.24) is 0 Å². The Kier molecular flexibility index (Phi) is 4.64. The van der Waals surface area contributed by atoms with Crippen LogP contribution < -0.4 is 0 Å². The molecule has 0 heterocycles. The molecule has 0 bridgehead atoms. The van der Waals surface area contributed by atoms with E-state index in [0.717, 1.165) is 0 Å². The van der Waals surface area contributed by atoms with Crippen LogP contribution >= 0.6 is 0 Å². The first-order valence-electron chi connectivity index (χ1n) is 4.53. The molecule has 0 unspecified atom stereocenters. The fourth-order valence-electron chi connectivity index (χ4n) is 1.06. The van der Waals surface area contributed by atoms with Crippen molar-refractivity contribution >= 4 is 11.9 Å². The predicted octanol–water partition coefficient (Wildman–Crippen LogP) is 2.48. The number of aliphatic carboxylic acids is 2. The Bertz CT molecular complexity index is 367. The van der Waals surface area contributed by atoms with E-state index >= 15 is 0 Å². The van der Waals surface area contributed by atoms with E-state index in [1.54, 1.807) is 0 Å². The molecule has 0 rings (SSSR count). The number of rotatable bonds is 7. The van der Waals surface area contributed by atoms with Crippen molar-refractivity contribution in [2.45, 2.75) is 36.5 Å². The molecule has 0 aromatic rings. The van der Waals surface area contributed by atoms with E-state index in [1.165, 1.54) is 0 Å². The van der Waals surface area contributed by atoms with Crippen LogP contribution in [0.15, 0.2) is 0 Å². The molecule has 20 heavy (non-hydrogen) atoms. The zero-order valence-electron chi connectivity index (χ0n) is 9.15. The fraction of sp³-hybridized carbons (Fsp3) is 0.750. The van der Waals surface area contributed by atoms with Gasteiger partial charge in [0.2, 0.25) is 0 Å². The number of hydrogen-bond acceptors (Lipinski definition) is 2. The average Bonchev–Trinajstić information content (AvgIpc) is 2.11. The highest BCUT2D eigenvalue weighted by molar-refractivity contribution is 5.69. The van der Waals surface area contributed by atoms with Crippen LogP contribution in [0.3, 0.4) is 0 Å². The molecule has 2 N–H and O–H groups in total. The molecule has 0 aliphatic rings. The molecule has 0 saturated heterocycles. The largest absolute Gasteiger partial charge is 0.481 e. The highest BCUT2D eigenvalue weighted by atomic mass is 19.4. The zero-order valence-corrected chi connectivity index (χ0v) is 9.15. The van der Waals surface area contributed by atoms with E-state index in [0.29, 0.717) is 0 Å². The van der Waals surface area contributed by atoms with Gasteiger partial charge < -0.3 is 10.2 Å². The Balaban J connectivity index is 5.66. The summed E-state index contributed by atoms with van der Waals surface area (Å²) in [7, 11) is 0. The molecule has 0 saturated carbocycles. The van der Waals surface area contributed by atoms with Gasteiger partial charge in [-0.05, 0) is 0 Å². The number of carboxylic acid groups (broad SMARTS) is 2. The summed E-state index contributed by atoms with van der Waals surface area (Å²) in [5.74, 6) is -30.8. The SMILES string of the molecule is O=C(O)CC(F)(F)C(F)(F)C(F)(F)C(F)(F)CC(=O)O. The molecule has 118 valence electrons. The number of carbonyl (C=O) groups is 2. The third kappa shape index (κ3) is 3.10. The molecule has 0 aromatic carbocycles. The summed E-state index contributed by atoms with van der Waals surface area (Å²) in [5.41, 5.74) is 0. The lowest BCUT2D eigenvalue weighted by atomic mass is 9.95. The van der Waals surface area contributed by atoms with Crippen LogP contribution in [0.5, 0.6) is 0 Å². The van der Waals surface area contributed by atoms with E-state index in [-0.39, 0.29) is 0 Å². The summed E-state index contributed by atoms with van der Waals surface area (Å²) in [6, 6.07) is 0. The lowest BCUT2D eigenvalue weighted by Crippen LogP contribution is -2.62. The molecule has 4 nitrogen and oxygen atoms in total. The van der Waals surface area contributed by atoms with Crippen molar-refractivity contribution < 1.29 is 54.9 Å². The first-order valence-corrected chi connectivity index (χ1v) is 4.53. The Morgan fingerprint density at radius 2 is 0.850 bits per heavy atom. The third-order valence-corrected chi connectivity index (χ3v) is 2.06. The molecule has 0 spiro atoms. The van der Waals surface area contributed by atoms with Crippen molar-refractivity contribution in [3.63, 3.8) is 0 Å². The molecule has 12 heteroatoms. The molecule has 0 aliphatic heterocycles. The summed E-state index contributed by atoms with van der Waals surface area (Å²) < 4.78 is 102. The maximum absolute atomic E-state index is 12.8. The minimum atomic E-state index is -6.77. The van der Waals surface area contributed by atoms with Gasteiger partial charge in [0.15, 0.2) is 0 Å². The van der Waals surface area contributed by atoms with Crippen LogP contribution in [-0.4, -0.2) is 45.8 Å². The monoisotopic (exact) mass is 318 g/mol. The average molecular weight is 318 g/mol.